The van der Waals surface area contributed by atoms with Gasteiger partial charge in [0.25, 0.3) is 0 Å². The van der Waals surface area contributed by atoms with Gasteiger partial charge in [-0.3, -0.25) is 5.32 Å². The third-order valence-corrected chi connectivity index (χ3v) is 1.02. The Kier molecular flexibility index (Phi) is 1.63. The maximum atomic E-state index is 10.4. The number of hydrogen-bond acceptors (Lipinski definition) is 3. The number of imide groups is 1. The number of nitrogens with one attached hydrogen (secondary N) is 3. The van der Waals surface area contributed by atoms with E-state index < -0.39 is 24.2 Å². The predicted octanol–water partition coefficient (Wildman–Crippen LogP) is -1.58. The van der Waals surface area contributed by atoms with Crippen LogP contribution >= 0.6 is 0 Å². The Bertz CT molecular complexity index is 209. The smallest absolute Gasteiger partial charge is 0.347 e. The van der Waals surface area contributed by atoms with E-state index in [2.05, 4.69) is 0 Å². The van der Waals surface area contributed by atoms with Crippen LogP contribution in [0, 0.1) is 0 Å². The summed E-state index contributed by atoms with van der Waals surface area (Å²) in [7, 11) is 0. The number of urea groups is 2. The lowest BCUT2D eigenvalue weighted by molar-refractivity contribution is -0.139. The molecule has 7 heteroatoms. The molecular formula is C4H5N3O4. The van der Waals surface area contributed by atoms with Gasteiger partial charge in [-0.2, -0.15) is 0 Å². The van der Waals surface area contributed by atoms with E-state index >= 15 is 0 Å². The van der Waals surface area contributed by atoms with Gasteiger partial charge in [0.15, 0.2) is 0 Å². The largest absolute Gasteiger partial charge is 0.478 e. The van der Waals surface area contributed by atoms with Gasteiger partial charge in [0.2, 0.25) is 6.17 Å². The number of carboxylic acid groups (broad SMARTS) is 1. The number of carbonyl (C=O) groups is 3. The van der Waals surface area contributed by atoms with Gasteiger partial charge in [0.1, 0.15) is 0 Å². The molecule has 11 heavy (non-hydrogen) atoms. The van der Waals surface area contributed by atoms with Crippen molar-refractivity contribution in [3.63, 3.8) is 0 Å². The van der Waals surface area contributed by atoms with Gasteiger partial charge in [-0.15, -0.1) is 0 Å². The van der Waals surface area contributed by atoms with Crippen molar-refractivity contribution in [3.05, 3.63) is 0 Å². The van der Waals surface area contributed by atoms with E-state index in [0.717, 1.165) is 0 Å². The van der Waals surface area contributed by atoms with Crippen molar-refractivity contribution in [2.24, 2.45) is 0 Å². The Morgan fingerprint density at radius 2 is 1.73 bits per heavy atom. The highest BCUT2D eigenvalue weighted by Crippen LogP contribution is 1.84. The molecule has 0 aromatic heterocycles. The Hall–Kier alpha value is -1.79. The Morgan fingerprint density at radius 1 is 1.27 bits per heavy atom. The quantitative estimate of drug-likeness (QED) is 0.370. The van der Waals surface area contributed by atoms with E-state index in [1.165, 1.54) is 0 Å². The number of aliphatic carboxylic acids is 1. The molecule has 4 amide bonds. The van der Waals surface area contributed by atoms with Crippen LogP contribution in [0.3, 0.4) is 0 Å². The maximum absolute atomic E-state index is 10.4. The number of hydrogen-bond donors (Lipinski definition) is 4. The van der Waals surface area contributed by atoms with Gasteiger partial charge in [-0.05, 0) is 0 Å². The van der Waals surface area contributed by atoms with Crippen LogP contribution in [-0.4, -0.2) is 29.3 Å². The minimum Gasteiger partial charge on any atom is -0.478 e. The van der Waals surface area contributed by atoms with Gasteiger partial charge >= 0.3 is 18.0 Å². The first-order valence-electron chi connectivity index (χ1n) is 2.70. The van der Waals surface area contributed by atoms with Crippen LogP contribution in [-0.2, 0) is 4.79 Å². The number of rotatable bonds is 1. The molecule has 0 atom stereocenters. The van der Waals surface area contributed by atoms with E-state index in [1.54, 1.807) is 5.32 Å². The molecule has 1 fully saturated rings. The molecule has 0 saturated carbocycles. The van der Waals surface area contributed by atoms with Crippen molar-refractivity contribution in [1.82, 2.24) is 16.0 Å². The van der Waals surface area contributed by atoms with Gasteiger partial charge in [0.05, 0.1) is 0 Å². The van der Waals surface area contributed by atoms with Crippen LogP contribution in [0.1, 0.15) is 0 Å². The third kappa shape index (κ3) is 1.57. The lowest BCUT2D eigenvalue weighted by atomic mass is 10.4. The van der Waals surface area contributed by atoms with E-state index in [4.69, 9.17) is 5.11 Å². The zero-order valence-electron chi connectivity index (χ0n) is 5.25. The third-order valence-electron chi connectivity index (χ3n) is 1.02. The minimum atomic E-state index is -1.34. The summed E-state index contributed by atoms with van der Waals surface area (Å²) in [5, 5.41) is 14.0. The number of carboxylic acids is 1. The van der Waals surface area contributed by atoms with Crippen molar-refractivity contribution in [1.29, 1.82) is 0 Å². The van der Waals surface area contributed by atoms with Crippen molar-refractivity contribution in [3.8, 4) is 0 Å². The molecule has 60 valence electrons. The molecule has 0 aliphatic carbocycles. The highest BCUT2D eigenvalue weighted by atomic mass is 16.4. The summed E-state index contributed by atoms with van der Waals surface area (Å²) in [4.78, 5) is 31.1. The summed E-state index contributed by atoms with van der Waals surface area (Å²) in [6.07, 6.45) is -1.34. The fourth-order valence-electron chi connectivity index (χ4n) is 0.597. The van der Waals surface area contributed by atoms with E-state index in [0.29, 0.717) is 0 Å². The highest BCUT2D eigenvalue weighted by molar-refractivity contribution is 5.99. The number of carbonyl (C=O) groups excluding carboxylic acids is 2. The lowest BCUT2D eigenvalue weighted by Gasteiger charge is -2.20. The standard InChI is InChI=1S/C4H5N3O4/c8-2(9)1-5-3(10)7-4(11)6-1/h1H,(H,8,9)(H3,5,6,7,10,11). The second-order valence-electron chi connectivity index (χ2n) is 1.84. The van der Waals surface area contributed by atoms with Crippen LogP contribution in [0.4, 0.5) is 9.59 Å². The highest BCUT2D eigenvalue weighted by Gasteiger charge is 2.27. The summed E-state index contributed by atoms with van der Waals surface area (Å²) in [5.41, 5.74) is 0. The molecule has 0 bridgehead atoms. The average Bonchev–Trinajstić information content (AvgIpc) is 1.85. The second-order valence-corrected chi connectivity index (χ2v) is 1.84. The SMILES string of the molecule is O=C1NC(=O)NC(C(=O)O)N1. The molecule has 0 unspecified atom stereocenters. The molecule has 0 spiro atoms. The molecule has 1 aliphatic heterocycles. The van der Waals surface area contributed by atoms with Gasteiger partial charge in [0, 0.05) is 0 Å². The maximum Gasteiger partial charge on any atom is 0.347 e. The van der Waals surface area contributed by atoms with Gasteiger partial charge < -0.3 is 15.7 Å². The van der Waals surface area contributed by atoms with E-state index in [-0.39, 0.29) is 0 Å². The van der Waals surface area contributed by atoms with Gasteiger partial charge in [-0.1, -0.05) is 0 Å². The molecule has 1 aliphatic rings. The van der Waals surface area contributed by atoms with Crippen LogP contribution in [0.25, 0.3) is 0 Å². The predicted molar refractivity (Wildman–Crippen MR) is 31.6 cm³/mol. The molecule has 1 rings (SSSR count). The van der Waals surface area contributed by atoms with Crippen LogP contribution in [0.2, 0.25) is 0 Å². The molecule has 4 N–H and O–H groups in total. The van der Waals surface area contributed by atoms with Crippen molar-refractivity contribution in [2.75, 3.05) is 0 Å². The summed E-state index contributed by atoms with van der Waals surface area (Å²) in [5.74, 6) is -1.31. The fraction of sp³-hybridized carbons (Fsp3) is 0.250. The molecule has 1 heterocycles. The van der Waals surface area contributed by atoms with Gasteiger partial charge in [-0.25, -0.2) is 14.4 Å². The van der Waals surface area contributed by atoms with E-state index in [1.807, 2.05) is 10.6 Å². The Balaban J connectivity index is 2.63. The first kappa shape index (κ1) is 7.32. The lowest BCUT2D eigenvalue weighted by Crippen LogP contribution is -2.64. The zero-order chi connectivity index (χ0) is 8.43. The number of amides is 4. The van der Waals surface area contributed by atoms with Crippen LogP contribution < -0.4 is 16.0 Å². The van der Waals surface area contributed by atoms with Crippen LogP contribution in [0.5, 0.6) is 0 Å². The first-order chi connectivity index (χ1) is 5.09. The molecule has 1 saturated heterocycles. The average molecular weight is 159 g/mol. The molecular weight excluding hydrogens is 154 g/mol. The second kappa shape index (κ2) is 2.45. The fourth-order valence-corrected chi connectivity index (χ4v) is 0.597. The van der Waals surface area contributed by atoms with E-state index in [9.17, 15) is 14.4 Å². The molecule has 0 radical (unpaired) electrons. The first-order valence-corrected chi connectivity index (χ1v) is 2.70. The topological polar surface area (TPSA) is 108 Å². The summed E-state index contributed by atoms with van der Waals surface area (Å²) in [6.45, 7) is 0. The summed E-state index contributed by atoms with van der Waals surface area (Å²) < 4.78 is 0. The summed E-state index contributed by atoms with van der Waals surface area (Å²) >= 11 is 0. The molecule has 0 aromatic carbocycles. The van der Waals surface area contributed by atoms with Crippen molar-refractivity contribution >= 4 is 18.0 Å². The molecule has 0 aromatic rings. The summed E-state index contributed by atoms with van der Waals surface area (Å²) in [6, 6.07) is -1.64. The zero-order valence-corrected chi connectivity index (χ0v) is 5.25. The Morgan fingerprint density at radius 3 is 2.09 bits per heavy atom. The van der Waals surface area contributed by atoms with Crippen LogP contribution in [0.15, 0.2) is 0 Å². The molecule has 7 nitrogen and oxygen atoms in total. The minimum absolute atomic E-state index is 0.818. The van der Waals surface area contributed by atoms with Crippen molar-refractivity contribution in [2.45, 2.75) is 6.17 Å². The Labute approximate surface area is 60.8 Å². The monoisotopic (exact) mass is 159 g/mol. The normalized spacial score (nSPS) is 18.2. The van der Waals surface area contributed by atoms with Crippen molar-refractivity contribution < 1.29 is 19.5 Å².